The quantitative estimate of drug-likeness (QED) is 0.766. The molecule has 1 aliphatic heterocycles. The molecule has 1 amide bonds. The molecule has 1 aromatic rings. The highest BCUT2D eigenvalue weighted by Crippen LogP contribution is 2.24. The molecule has 0 aliphatic carbocycles. The molecule has 98 valence electrons. The number of rotatable bonds is 3. The van der Waals surface area contributed by atoms with Crippen molar-refractivity contribution in [3.8, 4) is 0 Å². The molecule has 1 aliphatic rings. The van der Waals surface area contributed by atoms with Gasteiger partial charge in [0.1, 0.15) is 0 Å². The molecule has 8 heteroatoms. The Kier molecular flexibility index (Phi) is 3.54. The zero-order valence-corrected chi connectivity index (χ0v) is 11.3. The summed E-state index contributed by atoms with van der Waals surface area (Å²) in [6.45, 7) is 2.11. The molecule has 1 fully saturated rings. The van der Waals surface area contributed by atoms with Crippen molar-refractivity contribution in [3.63, 3.8) is 0 Å². The first kappa shape index (κ1) is 13.2. The monoisotopic (exact) mass is 289 g/mol. The topological polar surface area (TPSA) is 80.2 Å². The van der Waals surface area contributed by atoms with Crippen molar-refractivity contribution >= 4 is 31.5 Å². The molecule has 1 atom stereocenters. The van der Waals surface area contributed by atoms with Crippen LogP contribution in [0.15, 0.2) is 12.1 Å². The lowest BCUT2D eigenvalue weighted by atomic mass is 10.1. The summed E-state index contributed by atoms with van der Waals surface area (Å²) in [4.78, 5) is 13.2. The van der Waals surface area contributed by atoms with E-state index in [4.69, 9.17) is 10.7 Å². The lowest BCUT2D eigenvalue weighted by Crippen LogP contribution is -2.26. The van der Waals surface area contributed by atoms with Gasteiger partial charge in [0.25, 0.3) is 0 Å². The van der Waals surface area contributed by atoms with Crippen LogP contribution in [0.2, 0.25) is 0 Å². The third kappa shape index (κ3) is 3.17. The number of halogens is 1. The van der Waals surface area contributed by atoms with E-state index in [2.05, 4.69) is 10.2 Å². The maximum atomic E-state index is 11.8. The van der Waals surface area contributed by atoms with E-state index in [1.807, 2.05) is 0 Å². The van der Waals surface area contributed by atoms with Gasteiger partial charge in [-0.1, -0.05) is 0 Å². The van der Waals surface area contributed by atoms with E-state index in [0.29, 0.717) is 12.4 Å². The molecule has 2 rings (SSSR count). The van der Waals surface area contributed by atoms with Gasteiger partial charge in [-0.2, -0.15) is 5.10 Å². The van der Waals surface area contributed by atoms with Crippen molar-refractivity contribution in [1.29, 1.82) is 0 Å². The van der Waals surface area contributed by atoms with Crippen molar-refractivity contribution in [2.75, 3.05) is 17.2 Å². The van der Waals surface area contributed by atoms with Crippen LogP contribution >= 0.6 is 10.7 Å². The number of carbonyl (C=O) groups is 1. The summed E-state index contributed by atoms with van der Waals surface area (Å²) < 4.78 is 22.0. The number of amides is 1. The van der Waals surface area contributed by atoms with Crippen molar-refractivity contribution in [2.24, 2.45) is 5.92 Å². The molecule has 0 spiro atoms. The van der Waals surface area contributed by atoms with Crippen LogP contribution in [0, 0.1) is 12.8 Å². The van der Waals surface area contributed by atoms with Gasteiger partial charge in [0.05, 0.1) is 11.4 Å². The van der Waals surface area contributed by atoms with Gasteiger partial charge in [-0.25, -0.2) is 8.42 Å². The maximum absolute atomic E-state index is 11.8. The second kappa shape index (κ2) is 4.81. The molecule has 0 radical (unpaired) electrons. The van der Waals surface area contributed by atoms with Crippen LogP contribution in [0.4, 0.5) is 5.82 Å². The first-order valence-electron chi connectivity index (χ1n) is 5.38. The minimum atomic E-state index is -3.59. The van der Waals surface area contributed by atoms with Crippen LogP contribution in [0.3, 0.4) is 0 Å². The summed E-state index contributed by atoms with van der Waals surface area (Å²) in [6, 6.07) is 3.44. The van der Waals surface area contributed by atoms with Gasteiger partial charge in [0.2, 0.25) is 15.0 Å². The minimum Gasteiger partial charge on any atom is -0.295 e. The zero-order chi connectivity index (χ0) is 13.3. The smallest absolute Gasteiger partial charge is 0.232 e. The number of hydrogen-bond donors (Lipinski definition) is 0. The van der Waals surface area contributed by atoms with E-state index in [1.54, 1.807) is 19.1 Å². The Hall–Kier alpha value is -1.21. The zero-order valence-electron chi connectivity index (χ0n) is 9.71. The Balaban J connectivity index is 2.12. The van der Waals surface area contributed by atoms with E-state index in [0.717, 1.165) is 5.69 Å². The molecule has 6 nitrogen and oxygen atoms in total. The Labute approximate surface area is 109 Å². The van der Waals surface area contributed by atoms with Crippen LogP contribution in [-0.2, 0) is 13.8 Å². The van der Waals surface area contributed by atoms with Gasteiger partial charge in [-0.15, -0.1) is 5.10 Å². The Bertz CT molecular complexity index is 558. The summed E-state index contributed by atoms with van der Waals surface area (Å²) in [5.41, 5.74) is 0.755. The fraction of sp³-hybridized carbons (Fsp3) is 0.500. The molecular weight excluding hydrogens is 278 g/mol. The third-order valence-corrected chi connectivity index (χ3v) is 3.95. The number of aromatic nitrogens is 2. The average Bonchev–Trinajstić information content (AvgIpc) is 2.58. The fourth-order valence-corrected chi connectivity index (χ4v) is 3.25. The largest absolute Gasteiger partial charge is 0.295 e. The lowest BCUT2D eigenvalue weighted by molar-refractivity contribution is -0.117. The van der Waals surface area contributed by atoms with E-state index in [-0.39, 0.29) is 24.0 Å². The Morgan fingerprint density at radius 1 is 1.44 bits per heavy atom. The second-order valence-corrected chi connectivity index (χ2v) is 7.13. The summed E-state index contributed by atoms with van der Waals surface area (Å²) in [5, 5.41) is 7.78. The van der Waals surface area contributed by atoms with E-state index >= 15 is 0 Å². The van der Waals surface area contributed by atoms with Gasteiger partial charge >= 0.3 is 0 Å². The average molecular weight is 290 g/mol. The molecule has 18 heavy (non-hydrogen) atoms. The van der Waals surface area contributed by atoms with Crippen LogP contribution in [0.5, 0.6) is 0 Å². The van der Waals surface area contributed by atoms with E-state index < -0.39 is 9.05 Å². The highest BCUT2D eigenvalue weighted by atomic mass is 35.7. The SMILES string of the molecule is Cc1ccc(N2CC(CS(=O)(=O)Cl)CC2=O)nn1. The fourth-order valence-electron chi connectivity index (χ4n) is 1.93. The van der Waals surface area contributed by atoms with Crippen LogP contribution in [-0.4, -0.2) is 36.8 Å². The van der Waals surface area contributed by atoms with E-state index in [1.165, 1.54) is 4.90 Å². The molecule has 0 bridgehead atoms. The Morgan fingerprint density at radius 3 is 2.72 bits per heavy atom. The maximum Gasteiger partial charge on any atom is 0.232 e. The standard InChI is InChI=1S/C10H12ClN3O3S/c1-7-2-3-9(13-12-7)14-5-8(4-10(14)15)6-18(11,16)17/h2-3,8H,4-6H2,1H3. The van der Waals surface area contributed by atoms with Crippen LogP contribution in [0.1, 0.15) is 12.1 Å². The number of anilines is 1. The van der Waals surface area contributed by atoms with Crippen molar-refractivity contribution in [2.45, 2.75) is 13.3 Å². The minimum absolute atomic E-state index is 0.154. The summed E-state index contributed by atoms with van der Waals surface area (Å²) in [5.74, 6) is -0.197. The molecule has 1 saturated heterocycles. The predicted octanol–water partition coefficient (Wildman–Crippen LogP) is 0.707. The summed E-state index contributed by atoms with van der Waals surface area (Å²) in [7, 11) is 1.60. The predicted molar refractivity (Wildman–Crippen MR) is 66.9 cm³/mol. The number of nitrogens with zero attached hydrogens (tertiary/aromatic N) is 3. The van der Waals surface area contributed by atoms with Crippen molar-refractivity contribution in [1.82, 2.24) is 10.2 Å². The number of hydrogen-bond acceptors (Lipinski definition) is 5. The van der Waals surface area contributed by atoms with Gasteiger partial charge in [0, 0.05) is 29.6 Å². The van der Waals surface area contributed by atoms with Crippen molar-refractivity contribution < 1.29 is 13.2 Å². The van der Waals surface area contributed by atoms with Crippen LogP contribution in [0.25, 0.3) is 0 Å². The molecule has 0 aromatic carbocycles. The van der Waals surface area contributed by atoms with Gasteiger partial charge in [0.15, 0.2) is 5.82 Å². The van der Waals surface area contributed by atoms with Gasteiger partial charge in [-0.3, -0.25) is 9.69 Å². The molecule has 1 unspecified atom stereocenters. The molecular formula is C10H12ClN3O3S. The Morgan fingerprint density at radius 2 is 2.17 bits per heavy atom. The van der Waals surface area contributed by atoms with Gasteiger partial charge < -0.3 is 0 Å². The number of aryl methyl sites for hydroxylation is 1. The van der Waals surface area contributed by atoms with Crippen LogP contribution < -0.4 is 4.90 Å². The van der Waals surface area contributed by atoms with E-state index in [9.17, 15) is 13.2 Å². The highest BCUT2D eigenvalue weighted by Gasteiger charge is 2.33. The molecule has 2 heterocycles. The molecule has 0 N–H and O–H groups in total. The molecule has 1 aromatic heterocycles. The highest BCUT2D eigenvalue weighted by molar-refractivity contribution is 8.13. The first-order valence-corrected chi connectivity index (χ1v) is 7.86. The lowest BCUT2D eigenvalue weighted by Gasteiger charge is -2.14. The number of carbonyl (C=O) groups excluding carboxylic acids is 1. The van der Waals surface area contributed by atoms with Crippen molar-refractivity contribution in [3.05, 3.63) is 17.8 Å². The molecule has 0 saturated carbocycles. The summed E-state index contributed by atoms with van der Waals surface area (Å²) in [6.07, 6.45) is 0.168. The third-order valence-electron chi connectivity index (χ3n) is 2.70. The van der Waals surface area contributed by atoms with Gasteiger partial charge in [-0.05, 0) is 19.1 Å². The normalized spacial score (nSPS) is 20.4. The first-order chi connectivity index (χ1) is 8.35. The summed E-state index contributed by atoms with van der Waals surface area (Å²) >= 11 is 0. The second-order valence-electron chi connectivity index (χ2n) is 4.31.